The maximum absolute atomic E-state index is 13.1. The van der Waals surface area contributed by atoms with Crippen molar-refractivity contribution < 1.29 is 18.0 Å². The summed E-state index contributed by atoms with van der Waals surface area (Å²) in [6, 6.07) is 0. The molecule has 0 bridgehead atoms. The minimum atomic E-state index is -3.66. The van der Waals surface area contributed by atoms with Crippen molar-refractivity contribution in [3.63, 3.8) is 0 Å². The summed E-state index contributed by atoms with van der Waals surface area (Å²) in [6.45, 7) is 8.72. The normalized spacial score (nSPS) is 16.6. The van der Waals surface area contributed by atoms with E-state index in [1.807, 2.05) is 18.7 Å². The molecule has 2 amide bonds. The highest BCUT2D eigenvalue weighted by molar-refractivity contribution is 7.95. The van der Waals surface area contributed by atoms with Crippen LogP contribution in [0.15, 0.2) is 51.4 Å². The van der Waals surface area contributed by atoms with Crippen molar-refractivity contribution in [1.82, 2.24) is 15.2 Å². The summed E-state index contributed by atoms with van der Waals surface area (Å²) in [5.74, 6) is -1.14. The largest absolute Gasteiger partial charge is 0.358 e. The smallest absolute Gasteiger partial charge is 0.255 e. The lowest BCUT2D eigenvalue weighted by Crippen LogP contribution is -2.28. The van der Waals surface area contributed by atoms with Gasteiger partial charge in [-0.2, -0.15) is 0 Å². The van der Waals surface area contributed by atoms with Gasteiger partial charge in [0, 0.05) is 58.5 Å². The summed E-state index contributed by atoms with van der Waals surface area (Å²) in [7, 11) is -2.13. The summed E-state index contributed by atoms with van der Waals surface area (Å²) >= 11 is 11.6. The Morgan fingerprint density at radius 2 is 1.84 bits per heavy atom. The van der Waals surface area contributed by atoms with Crippen molar-refractivity contribution in [3.05, 3.63) is 73.9 Å². The second-order valence-electron chi connectivity index (χ2n) is 9.16. The molecule has 38 heavy (non-hydrogen) atoms. The van der Waals surface area contributed by atoms with E-state index in [4.69, 9.17) is 23.2 Å². The molecule has 1 saturated heterocycles. The molecule has 0 aromatic carbocycles. The van der Waals surface area contributed by atoms with Crippen LogP contribution >= 0.6 is 23.2 Å². The average Bonchev–Trinajstić information content (AvgIpc) is 3.52. The predicted molar refractivity (Wildman–Crippen MR) is 157 cm³/mol. The van der Waals surface area contributed by atoms with Crippen LogP contribution in [0.2, 0.25) is 0 Å². The molecule has 208 valence electrons. The molecule has 0 saturated carbocycles. The fourth-order valence-corrected chi connectivity index (χ4v) is 6.17. The van der Waals surface area contributed by atoms with Gasteiger partial charge in [0.25, 0.3) is 5.91 Å². The third-order valence-corrected chi connectivity index (χ3v) is 8.74. The molecule has 2 rings (SSSR count). The number of aromatic nitrogens is 1. The first kappa shape index (κ1) is 31.7. The van der Waals surface area contributed by atoms with Gasteiger partial charge in [-0.1, -0.05) is 61.4 Å². The van der Waals surface area contributed by atoms with E-state index in [9.17, 15) is 18.0 Å². The van der Waals surface area contributed by atoms with Gasteiger partial charge < -0.3 is 15.2 Å². The van der Waals surface area contributed by atoms with E-state index >= 15 is 0 Å². The lowest BCUT2D eigenvalue weighted by molar-refractivity contribution is -0.117. The summed E-state index contributed by atoms with van der Waals surface area (Å²) in [5.41, 5.74) is 4.46. The third-order valence-electron chi connectivity index (χ3n) is 6.48. The molecule has 1 aliphatic rings. The highest BCUT2D eigenvalue weighted by atomic mass is 35.5. The van der Waals surface area contributed by atoms with Crippen LogP contribution in [0.5, 0.6) is 0 Å². The topological polar surface area (TPSA) is 99.3 Å². The zero-order chi connectivity index (χ0) is 28.5. The van der Waals surface area contributed by atoms with Gasteiger partial charge in [0.1, 0.15) is 0 Å². The number of sulfone groups is 1. The van der Waals surface area contributed by atoms with Crippen molar-refractivity contribution >= 4 is 50.9 Å². The van der Waals surface area contributed by atoms with E-state index in [1.54, 1.807) is 44.2 Å². The summed E-state index contributed by atoms with van der Waals surface area (Å²) in [5, 5.41) is 2.92. The standard InChI is InChI=1S/C28H37Cl2N3O4S/c1-6-23(38(36,37)16-12-22(30)11-7-8-13-29)17-19(2)24(27(34)31-5)18-25-20(3)26(21(4)32-25)28(35)33-14-9-10-15-33/h7-8,11-13,17-19,32H,6,9-10,14-16H2,1-5H3,(H,31,34)/b11-7-,13-8+,22-12-,23-17+,24-18-. The summed E-state index contributed by atoms with van der Waals surface area (Å²) in [6.07, 6.45) is 11.7. The predicted octanol–water partition coefficient (Wildman–Crippen LogP) is 5.77. The Labute approximate surface area is 236 Å². The Morgan fingerprint density at radius 3 is 2.42 bits per heavy atom. The number of likely N-dealkylation sites (tertiary alicyclic amines) is 1. The van der Waals surface area contributed by atoms with E-state index in [2.05, 4.69) is 10.3 Å². The zero-order valence-corrected chi connectivity index (χ0v) is 24.9. The second kappa shape index (κ2) is 14.6. The maximum atomic E-state index is 13.1. The molecule has 1 fully saturated rings. The molecule has 0 radical (unpaired) electrons. The lowest BCUT2D eigenvalue weighted by Gasteiger charge is -2.16. The van der Waals surface area contributed by atoms with Gasteiger partial charge in [-0.25, -0.2) is 8.42 Å². The molecule has 1 aliphatic heterocycles. The molecule has 2 heterocycles. The molecular weight excluding hydrogens is 545 g/mol. The van der Waals surface area contributed by atoms with Crippen LogP contribution in [0.3, 0.4) is 0 Å². The van der Waals surface area contributed by atoms with E-state index < -0.39 is 15.8 Å². The fourth-order valence-electron chi connectivity index (χ4n) is 4.39. The number of H-pyrrole nitrogens is 1. The Bertz CT molecular complexity index is 1280. The number of nitrogens with one attached hydrogen (secondary N) is 2. The zero-order valence-electron chi connectivity index (χ0n) is 22.6. The minimum absolute atomic E-state index is 0.0116. The van der Waals surface area contributed by atoms with Gasteiger partial charge in [0.2, 0.25) is 5.91 Å². The Hall–Kier alpha value is -2.55. The number of likely N-dealkylation sites (N-methyl/N-ethyl adjacent to an activating group) is 1. The van der Waals surface area contributed by atoms with Crippen molar-refractivity contribution in [2.75, 3.05) is 25.9 Å². The van der Waals surface area contributed by atoms with Crippen molar-refractivity contribution in [2.45, 2.75) is 47.0 Å². The Morgan fingerprint density at radius 1 is 1.18 bits per heavy atom. The quantitative estimate of drug-likeness (QED) is 0.256. The number of allylic oxidation sites excluding steroid dienone is 6. The van der Waals surface area contributed by atoms with Gasteiger partial charge in [0.05, 0.1) is 11.3 Å². The Balaban J connectivity index is 2.42. The van der Waals surface area contributed by atoms with Crippen LogP contribution in [-0.2, 0) is 14.6 Å². The highest BCUT2D eigenvalue weighted by Crippen LogP contribution is 2.27. The van der Waals surface area contributed by atoms with Gasteiger partial charge in [-0.3, -0.25) is 9.59 Å². The molecule has 10 heteroatoms. The van der Waals surface area contributed by atoms with Crippen molar-refractivity contribution in [1.29, 1.82) is 0 Å². The molecule has 1 aromatic heterocycles. The summed E-state index contributed by atoms with van der Waals surface area (Å²) < 4.78 is 26.1. The van der Waals surface area contributed by atoms with Crippen LogP contribution in [0, 0.1) is 19.8 Å². The number of carbonyl (C=O) groups excluding carboxylic acids is 2. The lowest BCUT2D eigenvalue weighted by atomic mass is 9.97. The monoisotopic (exact) mass is 581 g/mol. The van der Waals surface area contributed by atoms with E-state index in [1.165, 1.54) is 18.7 Å². The molecule has 1 aromatic rings. The average molecular weight is 583 g/mol. The number of halogens is 2. The number of rotatable bonds is 11. The van der Waals surface area contributed by atoms with Crippen LogP contribution in [0.1, 0.15) is 60.4 Å². The van der Waals surface area contributed by atoms with Crippen LogP contribution < -0.4 is 5.32 Å². The van der Waals surface area contributed by atoms with Crippen LogP contribution in [0.4, 0.5) is 0 Å². The van der Waals surface area contributed by atoms with E-state index in [0.29, 0.717) is 16.8 Å². The first-order chi connectivity index (χ1) is 18.0. The van der Waals surface area contributed by atoms with Gasteiger partial charge in [-0.05, 0) is 50.8 Å². The molecule has 1 atom stereocenters. The summed E-state index contributed by atoms with van der Waals surface area (Å²) in [4.78, 5) is 31.3. The van der Waals surface area contributed by atoms with Gasteiger partial charge in [-0.15, -0.1) is 0 Å². The number of amides is 2. The number of hydrogen-bond donors (Lipinski definition) is 2. The van der Waals surface area contributed by atoms with Crippen LogP contribution in [-0.4, -0.2) is 56.0 Å². The number of aryl methyl sites for hydroxylation is 1. The first-order valence-corrected chi connectivity index (χ1v) is 15.1. The van der Waals surface area contributed by atoms with E-state index in [0.717, 1.165) is 37.2 Å². The fraction of sp³-hybridized carbons (Fsp3) is 0.429. The molecule has 0 aliphatic carbocycles. The molecular formula is C28H37Cl2N3O4S. The molecule has 2 N–H and O–H groups in total. The third kappa shape index (κ3) is 8.22. The Kier molecular flexibility index (Phi) is 12.1. The van der Waals surface area contributed by atoms with Gasteiger partial charge in [0.15, 0.2) is 9.84 Å². The first-order valence-electron chi connectivity index (χ1n) is 12.6. The molecule has 0 spiro atoms. The molecule has 7 nitrogen and oxygen atoms in total. The van der Waals surface area contributed by atoms with Crippen molar-refractivity contribution in [3.8, 4) is 0 Å². The molecule has 1 unspecified atom stereocenters. The number of carbonyl (C=O) groups is 2. The maximum Gasteiger partial charge on any atom is 0.255 e. The number of nitrogens with zero attached hydrogens (tertiary/aromatic N) is 1. The van der Waals surface area contributed by atoms with Crippen molar-refractivity contribution in [2.24, 2.45) is 5.92 Å². The van der Waals surface area contributed by atoms with Crippen LogP contribution in [0.25, 0.3) is 6.08 Å². The van der Waals surface area contributed by atoms with Gasteiger partial charge >= 0.3 is 0 Å². The highest BCUT2D eigenvalue weighted by Gasteiger charge is 2.26. The number of hydrogen-bond acceptors (Lipinski definition) is 4. The minimum Gasteiger partial charge on any atom is -0.358 e. The van der Waals surface area contributed by atoms with E-state index in [-0.39, 0.29) is 33.9 Å². The number of aromatic amines is 1. The second-order valence-corrected chi connectivity index (χ2v) is 11.9. The SMILES string of the molecule is CC/C(=C\C(C)/C(=C/c1[nH]c(C)c(C(=O)N2CCCC2)c1C)C(=O)NC)S(=O)(=O)C/C=C(Cl)/C=C\C=C\Cl.